The zero-order valence-corrected chi connectivity index (χ0v) is 18.1. The van der Waals surface area contributed by atoms with Gasteiger partial charge < -0.3 is 20.1 Å². The molecule has 2 amide bonds. The number of nitriles is 1. The summed E-state index contributed by atoms with van der Waals surface area (Å²) in [6.07, 6.45) is -1.83. The molecule has 2 aliphatic rings. The Morgan fingerprint density at radius 3 is 2.45 bits per heavy atom. The van der Waals surface area contributed by atoms with Crippen LogP contribution in [0.2, 0.25) is 0 Å². The molecule has 0 aliphatic carbocycles. The highest BCUT2D eigenvalue weighted by Crippen LogP contribution is 2.46. The summed E-state index contributed by atoms with van der Waals surface area (Å²) in [5, 5.41) is 9.02. The van der Waals surface area contributed by atoms with Crippen molar-refractivity contribution in [1.82, 2.24) is 9.47 Å². The quantitative estimate of drug-likeness (QED) is 0.764. The molecule has 1 atom stereocenters. The van der Waals surface area contributed by atoms with E-state index in [-0.39, 0.29) is 12.5 Å². The maximum Gasteiger partial charge on any atom is 0.417 e. The second-order valence-corrected chi connectivity index (χ2v) is 8.83. The van der Waals surface area contributed by atoms with Gasteiger partial charge in [0, 0.05) is 50.5 Å². The lowest BCUT2D eigenvalue weighted by Gasteiger charge is -2.42. The Hall–Kier alpha value is -3.48. The largest absolute Gasteiger partial charge is 0.417 e. The average molecular weight is 459 g/mol. The molecule has 0 radical (unpaired) electrons. The van der Waals surface area contributed by atoms with E-state index in [1.807, 2.05) is 4.90 Å². The summed E-state index contributed by atoms with van der Waals surface area (Å²) in [4.78, 5) is 28.8. The molecular formula is C23H24F3N5O2. The van der Waals surface area contributed by atoms with E-state index in [4.69, 9.17) is 11.0 Å². The number of piperidine rings is 1. The van der Waals surface area contributed by atoms with E-state index in [1.165, 1.54) is 12.1 Å². The van der Waals surface area contributed by atoms with E-state index in [1.54, 1.807) is 40.9 Å². The van der Waals surface area contributed by atoms with Gasteiger partial charge in [-0.3, -0.25) is 9.59 Å². The summed E-state index contributed by atoms with van der Waals surface area (Å²) >= 11 is 0. The highest BCUT2D eigenvalue weighted by Gasteiger charge is 2.52. The van der Waals surface area contributed by atoms with Crippen LogP contribution in [-0.4, -0.2) is 47.5 Å². The van der Waals surface area contributed by atoms with Gasteiger partial charge in [-0.1, -0.05) is 0 Å². The molecule has 2 N–H and O–H groups in total. The van der Waals surface area contributed by atoms with Crippen LogP contribution >= 0.6 is 0 Å². The van der Waals surface area contributed by atoms with E-state index < -0.39 is 34.5 Å². The normalized spacial score (nSPS) is 20.2. The Kier molecular flexibility index (Phi) is 5.60. The van der Waals surface area contributed by atoms with Crippen molar-refractivity contribution in [1.29, 1.82) is 5.26 Å². The van der Waals surface area contributed by atoms with Gasteiger partial charge in [0.15, 0.2) is 0 Å². The summed E-state index contributed by atoms with van der Waals surface area (Å²) in [6.45, 7) is 1.44. The van der Waals surface area contributed by atoms with Gasteiger partial charge in [-0.25, -0.2) is 0 Å². The fourth-order valence-electron chi connectivity index (χ4n) is 5.14. The van der Waals surface area contributed by atoms with Gasteiger partial charge in [0.25, 0.3) is 5.91 Å². The smallest absolute Gasteiger partial charge is 0.371 e. The molecule has 2 aliphatic heterocycles. The molecule has 4 rings (SSSR count). The van der Waals surface area contributed by atoms with Gasteiger partial charge in [0.1, 0.15) is 5.69 Å². The first-order chi connectivity index (χ1) is 15.6. The number of halogens is 3. The molecule has 1 spiro atoms. The number of hydrogen-bond donors (Lipinski definition) is 1. The number of benzene rings is 1. The molecule has 2 saturated heterocycles. The van der Waals surface area contributed by atoms with Crippen molar-refractivity contribution in [2.75, 3.05) is 31.1 Å². The van der Waals surface area contributed by atoms with Crippen LogP contribution < -0.4 is 10.6 Å². The van der Waals surface area contributed by atoms with Crippen LogP contribution in [0.4, 0.5) is 18.9 Å². The second-order valence-electron chi connectivity index (χ2n) is 8.83. The van der Waals surface area contributed by atoms with Gasteiger partial charge in [0.2, 0.25) is 5.91 Å². The average Bonchev–Trinajstić information content (AvgIpc) is 3.37. The molecular weight excluding hydrogens is 435 g/mol. The summed E-state index contributed by atoms with van der Waals surface area (Å²) in [7, 11) is 1.77. The van der Waals surface area contributed by atoms with Crippen molar-refractivity contribution in [2.24, 2.45) is 24.1 Å². The highest BCUT2D eigenvalue weighted by molar-refractivity contribution is 5.93. The van der Waals surface area contributed by atoms with Crippen molar-refractivity contribution in [3.63, 3.8) is 0 Å². The Labute approximate surface area is 189 Å². The predicted octanol–water partition coefficient (Wildman–Crippen LogP) is 2.76. The van der Waals surface area contributed by atoms with Crippen LogP contribution in [0.1, 0.15) is 34.5 Å². The number of carbonyl (C=O) groups is 2. The zero-order valence-electron chi connectivity index (χ0n) is 18.1. The summed E-state index contributed by atoms with van der Waals surface area (Å²) in [5.74, 6) is -1.16. The first-order valence-electron chi connectivity index (χ1n) is 10.6. The number of aryl methyl sites for hydroxylation is 1. The molecule has 0 bridgehead atoms. The van der Waals surface area contributed by atoms with Crippen LogP contribution in [0.15, 0.2) is 36.5 Å². The Morgan fingerprint density at radius 1 is 1.21 bits per heavy atom. The molecule has 10 heteroatoms. The number of carbonyl (C=O) groups excluding carboxylic acids is 2. The Balaban J connectivity index is 1.54. The van der Waals surface area contributed by atoms with Crippen LogP contribution in [0.3, 0.4) is 0 Å². The molecule has 3 heterocycles. The van der Waals surface area contributed by atoms with Crippen molar-refractivity contribution in [3.05, 3.63) is 53.3 Å². The standard InChI is InChI=1S/C23H24F3N5O2/c1-29-8-2-3-19(29)21(33)31-13-18(20(28)32)22(14-31)6-9-30(10-7-22)16-5-4-15(12-27)17(11-16)23(24,25)26/h2-5,8,11,18H,6-7,9-10,13-14H2,1H3,(H2,28,32). The van der Waals surface area contributed by atoms with E-state index in [9.17, 15) is 22.8 Å². The van der Waals surface area contributed by atoms with E-state index in [0.29, 0.717) is 43.9 Å². The van der Waals surface area contributed by atoms with Crippen molar-refractivity contribution < 1.29 is 22.8 Å². The third-order valence-corrected chi connectivity index (χ3v) is 6.99. The predicted molar refractivity (Wildman–Crippen MR) is 114 cm³/mol. The van der Waals surface area contributed by atoms with Gasteiger partial charge in [-0.2, -0.15) is 18.4 Å². The van der Waals surface area contributed by atoms with E-state index in [2.05, 4.69) is 0 Å². The number of amides is 2. The SMILES string of the molecule is Cn1cccc1C(=O)N1CC(C(N)=O)C2(CCN(c3ccc(C#N)c(C(F)(F)F)c3)CC2)C1. The maximum atomic E-state index is 13.4. The molecule has 1 aromatic carbocycles. The molecule has 174 valence electrons. The minimum Gasteiger partial charge on any atom is -0.371 e. The molecule has 1 aromatic heterocycles. The summed E-state index contributed by atoms with van der Waals surface area (Å²) in [5.41, 5.74) is 4.71. The van der Waals surface area contributed by atoms with Crippen molar-refractivity contribution >= 4 is 17.5 Å². The summed E-state index contributed by atoms with van der Waals surface area (Å²) < 4.78 is 41.8. The lowest BCUT2D eigenvalue weighted by molar-refractivity contribution is -0.137. The first-order valence-corrected chi connectivity index (χ1v) is 10.6. The first kappa shape index (κ1) is 22.7. The topological polar surface area (TPSA) is 95.4 Å². The van der Waals surface area contributed by atoms with Gasteiger partial charge >= 0.3 is 6.18 Å². The number of rotatable bonds is 3. The van der Waals surface area contributed by atoms with Crippen LogP contribution in [0.25, 0.3) is 0 Å². The third-order valence-electron chi connectivity index (χ3n) is 6.99. The van der Waals surface area contributed by atoms with Gasteiger partial charge in [-0.05, 0) is 43.2 Å². The van der Waals surface area contributed by atoms with Crippen LogP contribution in [-0.2, 0) is 18.0 Å². The number of aromatic nitrogens is 1. The number of hydrogen-bond acceptors (Lipinski definition) is 4. The fraction of sp³-hybridized carbons (Fsp3) is 0.435. The summed E-state index contributed by atoms with van der Waals surface area (Å²) in [6, 6.07) is 8.78. The number of nitrogens with two attached hydrogens (primary N) is 1. The molecule has 7 nitrogen and oxygen atoms in total. The van der Waals surface area contributed by atoms with Gasteiger partial charge in [0.05, 0.1) is 23.1 Å². The maximum absolute atomic E-state index is 13.4. The lowest BCUT2D eigenvalue weighted by atomic mass is 9.70. The minimum atomic E-state index is -4.63. The number of primary amides is 1. The van der Waals surface area contributed by atoms with E-state index >= 15 is 0 Å². The van der Waals surface area contributed by atoms with E-state index in [0.717, 1.165) is 6.07 Å². The number of likely N-dealkylation sites (tertiary alicyclic amines) is 1. The highest BCUT2D eigenvalue weighted by atomic mass is 19.4. The lowest BCUT2D eigenvalue weighted by Crippen LogP contribution is -2.47. The second kappa shape index (κ2) is 8.14. The number of nitrogens with zero attached hydrogens (tertiary/aromatic N) is 4. The number of alkyl halides is 3. The fourth-order valence-corrected chi connectivity index (χ4v) is 5.14. The molecule has 1 unspecified atom stereocenters. The van der Waals surface area contributed by atoms with Crippen molar-refractivity contribution in [2.45, 2.75) is 19.0 Å². The number of anilines is 1. The molecule has 2 aromatic rings. The van der Waals surface area contributed by atoms with Gasteiger partial charge in [-0.15, -0.1) is 0 Å². The van der Waals surface area contributed by atoms with Crippen LogP contribution in [0.5, 0.6) is 0 Å². The molecule has 2 fully saturated rings. The third kappa shape index (κ3) is 4.03. The monoisotopic (exact) mass is 459 g/mol. The molecule has 33 heavy (non-hydrogen) atoms. The minimum absolute atomic E-state index is 0.171. The zero-order chi connectivity index (χ0) is 24.0. The van der Waals surface area contributed by atoms with Crippen LogP contribution in [0, 0.1) is 22.7 Å². The Morgan fingerprint density at radius 2 is 1.91 bits per heavy atom. The van der Waals surface area contributed by atoms with Crippen molar-refractivity contribution in [3.8, 4) is 6.07 Å². The Bertz CT molecular complexity index is 1130. The molecule has 0 saturated carbocycles.